The zero-order valence-electron chi connectivity index (χ0n) is 10.5. The normalized spacial score (nSPS) is 24.5. The molecule has 1 saturated carbocycles. The third-order valence-electron chi connectivity index (χ3n) is 3.75. The van der Waals surface area contributed by atoms with Crippen molar-refractivity contribution in [1.82, 2.24) is 0 Å². The minimum Gasteiger partial charge on any atom is -0.399 e. The summed E-state index contributed by atoms with van der Waals surface area (Å²) in [6.07, 6.45) is 5.22. The van der Waals surface area contributed by atoms with E-state index in [4.69, 9.17) is 5.73 Å². The van der Waals surface area contributed by atoms with Gasteiger partial charge in [-0.05, 0) is 36.5 Å². The van der Waals surface area contributed by atoms with Crippen LogP contribution in [0.4, 0.5) is 5.69 Å². The Balaban J connectivity index is 1.94. The van der Waals surface area contributed by atoms with Gasteiger partial charge in [0, 0.05) is 18.0 Å². The maximum atomic E-state index is 12.2. The van der Waals surface area contributed by atoms with Crippen molar-refractivity contribution < 1.29 is 4.79 Å². The molecule has 92 valence electrons. The molecule has 2 rings (SSSR count). The number of nitrogens with two attached hydrogens (primary N) is 1. The number of hydrogen-bond acceptors (Lipinski definition) is 2. The lowest BCUT2D eigenvalue weighted by atomic mass is 9.79. The lowest BCUT2D eigenvalue weighted by Crippen LogP contribution is -2.23. The minimum atomic E-state index is 0.288. The fourth-order valence-corrected chi connectivity index (χ4v) is 2.71. The van der Waals surface area contributed by atoms with Gasteiger partial charge in [-0.25, -0.2) is 0 Å². The number of carbonyl (C=O) groups excluding carboxylic acids is 1. The zero-order valence-corrected chi connectivity index (χ0v) is 10.5. The van der Waals surface area contributed by atoms with Gasteiger partial charge >= 0.3 is 0 Å². The smallest absolute Gasteiger partial charge is 0.140 e. The highest BCUT2D eigenvalue weighted by Crippen LogP contribution is 2.29. The van der Waals surface area contributed by atoms with E-state index in [0.29, 0.717) is 18.1 Å². The fraction of sp³-hybridized carbons (Fsp3) is 0.533. The van der Waals surface area contributed by atoms with E-state index in [1.807, 2.05) is 24.3 Å². The van der Waals surface area contributed by atoms with Gasteiger partial charge in [0.25, 0.3) is 0 Å². The van der Waals surface area contributed by atoms with E-state index in [1.165, 1.54) is 12.8 Å². The second-order valence-corrected chi connectivity index (χ2v) is 5.35. The predicted octanol–water partition coefficient (Wildman–Crippen LogP) is 3.21. The molecule has 0 amide bonds. The van der Waals surface area contributed by atoms with Crippen molar-refractivity contribution in [2.75, 3.05) is 5.73 Å². The van der Waals surface area contributed by atoms with Crippen LogP contribution in [0.25, 0.3) is 0 Å². The Morgan fingerprint density at radius 1 is 1.29 bits per heavy atom. The van der Waals surface area contributed by atoms with Crippen molar-refractivity contribution in [2.45, 2.75) is 39.0 Å². The van der Waals surface area contributed by atoms with E-state index in [0.717, 1.165) is 24.1 Å². The van der Waals surface area contributed by atoms with Crippen LogP contribution in [0.5, 0.6) is 0 Å². The summed E-state index contributed by atoms with van der Waals surface area (Å²) in [4.78, 5) is 12.2. The molecule has 0 saturated heterocycles. The van der Waals surface area contributed by atoms with Crippen LogP contribution in [0.1, 0.15) is 38.2 Å². The Bertz CT molecular complexity index is 382. The molecule has 2 heteroatoms. The van der Waals surface area contributed by atoms with Crippen molar-refractivity contribution in [2.24, 2.45) is 11.8 Å². The summed E-state index contributed by atoms with van der Waals surface area (Å²) in [5.74, 6) is 1.40. The number of hydrogen-bond donors (Lipinski definition) is 1. The summed E-state index contributed by atoms with van der Waals surface area (Å²) >= 11 is 0. The highest BCUT2D eigenvalue weighted by Gasteiger charge is 2.24. The summed E-state index contributed by atoms with van der Waals surface area (Å²) in [6, 6.07) is 7.65. The highest BCUT2D eigenvalue weighted by atomic mass is 16.1. The maximum Gasteiger partial charge on any atom is 0.140 e. The molecular formula is C15H21NO. The van der Waals surface area contributed by atoms with Crippen molar-refractivity contribution in [3.05, 3.63) is 29.8 Å². The molecule has 0 radical (unpaired) electrons. The largest absolute Gasteiger partial charge is 0.399 e. The molecule has 0 aromatic heterocycles. The molecule has 2 N–H and O–H groups in total. The number of rotatable bonds is 3. The third-order valence-corrected chi connectivity index (χ3v) is 3.75. The Morgan fingerprint density at radius 2 is 2.00 bits per heavy atom. The van der Waals surface area contributed by atoms with Gasteiger partial charge in [0.2, 0.25) is 0 Å². The Hall–Kier alpha value is -1.31. The van der Waals surface area contributed by atoms with Gasteiger partial charge in [-0.15, -0.1) is 0 Å². The Kier molecular flexibility index (Phi) is 3.82. The van der Waals surface area contributed by atoms with Crippen LogP contribution in [-0.4, -0.2) is 5.78 Å². The van der Waals surface area contributed by atoms with Gasteiger partial charge in [0.15, 0.2) is 0 Å². The first-order valence-electron chi connectivity index (χ1n) is 6.52. The molecule has 0 bridgehead atoms. The van der Waals surface area contributed by atoms with Crippen LogP contribution in [0.2, 0.25) is 0 Å². The molecule has 1 aromatic rings. The summed E-state index contributed by atoms with van der Waals surface area (Å²) in [6.45, 7) is 2.25. The average Bonchev–Trinajstić information content (AvgIpc) is 2.32. The molecule has 0 aliphatic heterocycles. The molecule has 1 aliphatic carbocycles. The molecule has 1 aromatic carbocycles. The summed E-state index contributed by atoms with van der Waals surface area (Å²) in [5.41, 5.74) is 7.48. The van der Waals surface area contributed by atoms with Crippen molar-refractivity contribution in [3.63, 3.8) is 0 Å². The lowest BCUT2D eigenvalue weighted by molar-refractivity contribution is -0.123. The lowest BCUT2D eigenvalue weighted by Gasteiger charge is -2.25. The van der Waals surface area contributed by atoms with E-state index in [9.17, 15) is 4.79 Å². The first-order chi connectivity index (χ1) is 8.15. The second kappa shape index (κ2) is 5.35. The number of carbonyl (C=O) groups is 1. The fourth-order valence-electron chi connectivity index (χ4n) is 2.71. The topological polar surface area (TPSA) is 43.1 Å². The van der Waals surface area contributed by atoms with Gasteiger partial charge in [-0.1, -0.05) is 31.9 Å². The third kappa shape index (κ3) is 3.32. The average molecular weight is 231 g/mol. The van der Waals surface area contributed by atoms with Gasteiger partial charge in [-0.3, -0.25) is 4.79 Å². The van der Waals surface area contributed by atoms with Crippen molar-refractivity contribution >= 4 is 11.5 Å². The molecule has 1 fully saturated rings. The van der Waals surface area contributed by atoms with E-state index in [1.54, 1.807) is 0 Å². The van der Waals surface area contributed by atoms with Crippen LogP contribution in [0.15, 0.2) is 24.3 Å². The van der Waals surface area contributed by atoms with E-state index in [-0.39, 0.29) is 5.92 Å². The molecule has 0 spiro atoms. The molecule has 2 atom stereocenters. The zero-order chi connectivity index (χ0) is 12.3. The first-order valence-corrected chi connectivity index (χ1v) is 6.52. The number of anilines is 1. The SMILES string of the molecule is CC1CCCC(C(=O)Cc2ccc(N)cc2)C1. The van der Waals surface area contributed by atoms with Crippen LogP contribution >= 0.6 is 0 Å². The van der Waals surface area contributed by atoms with Crippen LogP contribution in [0.3, 0.4) is 0 Å². The Labute approximate surface area is 103 Å². The summed E-state index contributed by atoms with van der Waals surface area (Å²) in [7, 11) is 0. The van der Waals surface area contributed by atoms with Gasteiger partial charge in [0.05, 0.1) is 0 Å². The van der Waals surface area contributed by atoms with E-state index < -0.39 is 0 Å². The highest BCUT2D eigenvalue weighted by molar-refractivity contribution is 5.83. The van der Waals surface area contributed by atoms with E-state index >= 15 is 0 Å². The minimum absolute atomic E-state index is 0.288. The van der Waals surface area contributed by atoms with E-state index in [2.05, 4.69) is 6.92 Å². The first kappa shape index (κ1) is 12.2. The predicted molar refractivity (Wildman–Crippen MR) is 70.7 cm³/mol. The van der Waals surface area contributed by atoms with Gasteiger partial charge in [-0.2, -0.15) is 0 Å². The Morgan fingerprint density at radius 3 is 2.65 bits per heavy atom. The van der Waals surface area contributed by atoms with Crippen LogP contribution in [0, 0.1) is 11.8 Å². The second-order valence-electron chi connectivity index (χ2n) is 5.35. The summed E-state index contributed by atoms with van der Waals surface area (Å²) < 4.78 is 0. The van der Waals surface area contributed by atoms with Crippen LogP contribution in [-0.2, 0) is 11.2 Å². The molecule has 1 aliphatic rings. The monoisotopic (exact) mass is 231 g/mol. The molecule has 17 heavy (non-hydrogen) atoms. The standard InChI is InChI=1S/C15H21NO/c1-11-3-2-4-13(9-11)15(17)10-12-5-7-14(16)8-6-12/h5-8,11,13H,2-4,9-10,16H2,1H3. The molecule has 0 heterocycles. The molecule has 2 unspecified atom stereocenters. The maximum absolute atomic E-state index is 12.2. The van der Waals surface area contributed by atoms with Gasteiger partial charge < -0.3 is 5.73 Å². The number of nitrogen functional groups attached to an aromatic ring is 1. The summed E-state index contributed by atoms with van der Waals surface area (Å²) in [5, 5.41) is 0. The van der Waals surface area contributed by atoms with Gasteiger partial charge in [0.1, 0.15) is 5.78 Å². The molecule has 2 nitrogen and oxygen atoms in total. The number of Topliss-reactive ketones (excluding diaryl/α,β-unsaturated/α-hetero) is 1. The molecular weight excluding hydrogens is 210 g/mol. The van der Waals surface area contributed by atoms with Crippen molar-refractivity contribution in [1.29, 1.82) is 0 Å². The van der Waals surface area contributed by atoms with Crippen LogP contribution < -0.4 is 5.73 Å². The van der Waals surface area contributed by atoms with Crippen molar-refractivity contribution in [3.8, 4) is 0 Å². The number of benzene rings is 1. The quantitative estimate of drug-likeness (QED) is 0.812. The number of ketones is 1.